The molecule has 0 amide bonds. The van der Waals surface area contributed by atoms with E-state index in [-0.39, 0.29) is 0 Å². The molecule has 18 heavy (non-hydrogen) atoms. The molecular formula is C12H11N3O2S. The molecule has 0 aliphatic rings. The minimum absolute atomic E-state index is 0.397. The van der Waals surface area contributed by atoms with Gasteiger partial charge in [0.05, 0.1) is 12.7 Å². The predicted molar refractivity (Wildman–Crippen MR) is 68.3 cm³/mol. The van der Waals surface area contributed by atoms with Crippen LogP contribution in [-0.2, 0) is 4.74 Å². The van der Waals surface area contributed by atoms with Gasteiger partial charge in [-0.05, 0) is 36.0 Å². The van der Waals surface area contributed by atoms with Crippen molar-refractivity contribution in [3.8, 4) is 0 Å². The number of hydrogen-bond acceptors (Lipinski definition) is 6. The largest absolute Gasteiger partial charge is 0.465 e. The van der Waals surface area contributed by atoms with Gasteiger partial charge in [0.1, 0.15) is 0 Å². The first-order chi connectivity index (χ1) is 8.70. The monoisotopic (exact) mass is 261 g/mol. The molecule has 1 aromatic heterocycles. The Bertz CT molecular complexity index is 561. The molecule has 1 aromatic carbocycles. The van der Waals surface area contributed by atoms with Crippen LogP contribution in [0.1, 0.15) is 10.4 Å². The number of nitrogens with two attached hydrogens (primary N) is 1. The van der Waals surface area contributed by atoms with Crippen LogP contribution in [0, 0.1) is 0 Å². The maximum Gasteiger partial charge on any atom is 0.337 e. The van der Waals surface area contributed by atoms with E-state index in [0.29, 0.717) is 16.4 Å². The van der Waals surface area contributed by atoms with Crippen molar-refractivity contribution in [3.63, 3.8) is 0 Å². The summed E-state index contributed by atoms with van der Waals surface area (Å²) in [5, 5.41) is 0.575. The van der Waals surface area contributed by atoms with E-state index < -0.39 is 5.97 Å². The topological polar surface area (TPSA) is 78.1 Å². The minimum atomic E-state index is -0.397. The lowest BCUT2D eigenvalue weighted by atomic mass is 10.2. The number of carbonyl (C=O) groups is 1. The molecule has 0 saturated heterocycles. The summed E-state index contributed by atoms with van der Waals surface area (Å²) in [6, 6.07) is 6.69. The Hall–Kier alpha value is -2.08. The van der Waals surface area contributed by atoms with Crippen LogP contribution in [-0.4, -0.2) is 23.0 Å². The second-order valence-electron chi connectivity index (χ2n) is 3.38. The summed E-state index contributed by atoms with van der Waals surface area (Å²) < 4.78 is 4.66. The lowest BCUT2D eigenvalue weighted by Gasteiger charge is -2.06. The number of hydrogen-bond donors (Lipinski definition) is 1. The summed E-state index contributed by atoms with van der Waals surface area (Å²) in [6.07, 6.45) is 3.30. The Morgan fingerprint density at radius 2 is 2.06 bits per heavy atom. The highest BCUT2D eigenvalue weighted by Crippen LogP contribution is 2.30. The molecule has 0 bridgehead atoms. The van der Waals surface area contributed by atoms with Gasteiger partial charge in [-0.2, -0.15) is 0 Å². The quantitative estimate of drug-likeness (QED) is 0.517. The Labute approximate surface area is 108 Å². The summed E-state index contributed by atoms with van der Waals surface area (Å²) in [5.74, 6) is -0.397. The van der Waals surface area contributed by atoms with Gasteiger partial charge in [-0.25, -0.2) is 14.8 Å². The third-order valence-corrected chi connectivity index (χ3v) is 3.14. The first-order valence-corrected chi connectivity index (χ1v) is 5.95. The van der Waals surface area contributed by atoms with E-state index in [1.165, 1.54) is 18.9 Å². The van der Waals surface area contributed by atoms with Gasteiger partial charge < -0.3 is 10.5 Å². The average molecular weight is 261 g/mol. The predicted octanol–water partition coefficient (Wildman–Crippen LogP) is 2.00. The number of aromatic nitrogens is 2. The minimum Gasteiger partial charge on any atom is -0.465 e. The molecule has 2 N–H and O–H groups in total. The van der Waals surface area contributed by atoms with Gasteiger partial charge in [0, 0.05) is 23.0 Å². The lowest BCUT2D eigenvalue weighted by Crippen LogP contribution is -2.02. The zero-order valence-corrected chi connectivity index (χ0v) is 10.5. The number of methoxy groups -OCH3 is 1. The van der Waals surface area contributed by atoms with Gasteiger partial charge in [0.2, 0.25) is 0 Å². The maximum absolute atomic E-state index is 11.4. The fraction of sp³-hybridized carbons (Fsp3) is 0.0833. The third-order valence-electron chi connectivity index (χ3n) is 2.18. The van der Waals surface area contributed by atoms with Crippen LogP contribution in [0.5, 0.6) is 0 Å². The highest BCUT2D eigenvalue weighted by Gasteiger charge is 2.10. The van der Waals surface area contributed by atoms with Crippen LogP contribution in [0.4, 0.5) is 5.69 Å². The normalized spacial score (nSPS) is 10.1. The van der Waals surface area contributed by atoms with Crippen LogP contribution in [0.3, 0.4) is 0 Å². The summed E-state index contributed by atoms with van der Waals surface area (Å²) >= 11 is 1.30. The van der Waals surface area contributed by atoms with E-state index in [4.69, 9.17) is 5.73 Å². The van der Waals surface area contributed by atoms with Gasteiger partial charge in [-0.1, -0.05) is 0 Å². The van der Waals surface area contributed by atoms with Crippen LogP contribution in [0.25, 0.3) is 0 Å². The highest BCUT2D eigenvalue weighted by molar-refractivity contribution is 7.99. The van der Waals surface area contributed by atoms with Gasteiger partial charge in [0.25, 0.3) is 0 Å². The van der Waals surface area contributed by atoms with Gasteiger partial charge in [0.15, 0.2) is 5.16 Å². The standard InChI is InChI=1S/C12H11N3O2S/c1-17-11(16)8-3-4-9(13)10(7-8)18-12-14-5-2-6-15-12/h2-7H,13H2,1H3. The SMILES string of the molecule is COC(=O)c1ccc(N)c(Sc2ncccn2)c1. The molecular weight excluding hydrogens is 250 g/mol. The molecule has 0 atom stereocenters. The van der Waals surface area contributed by atoms with Crippen molar-refractivity contribution < 1.29 is 9.53 Å². The Kier molecular flexibility index (Phi) is 3.78. The van der Waals surface area contributed by atoms with E-state index >= 15 is 0 Å². The first kappa shape index (κ1) is 12.4. The molecule has 1 heterocycles. The Morgan fingerprint density at radius 1 is 1.33 bits per heavy atom. The average Bonchev–Trinajstić information content (AvgIpc) is 2.41. The lowest BCUT2D eigenvalue weighted by molar-refractivity contribution is 0.0600. The molecule has 0 aliphatic carbocycles. The van der Waals surface area contributed by atoms with Crippen molar-refractivity contribution in [2.24, 2.45) is 0 Å². The maximum atomic E-state index is 11.4. The van der Waals surface area contributed by atoms with Crippen molar-refractivity contribution in [1.29, 1.82) is 0 Å². The molecule has 0 radical (unpaired) electrons. The highest BCUT2D eigenvalue weighted by atomic mass is 32.2. The van der Waals surface area contributed by atoms with Crippen molar-refractivity contribution in [2.75, 3.05) is 12.8 Å². The molecule has 0 unspecified atom stereocenters. The zero-order valence-electron chi connectivity index (χ0n) is 9.66. The second kappa shape index (κ2) is 5.50. The van der Waals surface area contributed by atoms with E-state index in [0.717, 1.165) is 4.90 Å². The van der Waals surface area contributed by atoms with Crippen LogP contribution in [0.2, 0.25) is 0 Å². The summed E-state index contributed by atoms with van der Waals surface area (Å²) in [4.78, 5) is 20.3. The summed E-state index contributed by atoms with van der Waals surface area (Å²) in [7, 11) is 1.34. The van der Waals surface area contributed by atoms with Gasteiger partial charge in [-0.15, -0.1) is 0 Å². The van der Waals surface area contributed by atoms with Crippen molar-refractivity contribution >= 4 is 23.4 Å². The summed E-state index contributed by atoms with van der Waals surface area (Å²) in [5.41, 5.74) is 6.87. The number of nitrogens with zero attached hydrogens (tertiary/aromatic N) is 2. The van der Waals surface area contributed by atoms with Crippen LogP contribution in [0.15, 0.2) is 46.7 Å². The number of rotatable bonds is 3. The molecule has 2 aromatic rings. The number of anilines is 1. The smallest absolute Gasteiger partial charge is 0.337 e. The zero-order chi connectivity index (χ0) is 13.0. The van der Waals surface area contributed by atoms with E-state index in [9.17, 15) is 4.79 Å². The van der Waals surface area contributed by atoms with E-state index in [2.05, 4.69) is 14.7 Å². The van der Waals surface area contributed by atoms with Gasteiger partial charge >= 0.3 is 5.97 Å². The molecule has 0 fully saturated rings. The first-order valence-electron chi connectivity index (χ1n) is 5.13. The molecule has 6 heteroatoms. The second-order valence-corrected chi connectivity index (χ2v) is 4.39. The number of esters is 1. The van der Waals surface area contributed by atoms with Crippen molar-refractivity contribution in [3.05, 3.63) is 42.2 Å². The molecule has 0 spiro atoms. The molecule has 92 valence electrons. The van der Waals surface area contributed by atoms with Crippen molar-refractivity contribution in [2.45, 2.75) is 10.1 Å². The van der Waals surface area contributed by atoms with E-state index in [1.54, 1.807) is 36.7 Å². The number of nitrogen functional groups attached to an aromatic ring is 1. The number of ether oxygens (including phenoxy) is 1. The number of benzene rings is 1. The molecule has 2 rings (SSSR count). The van der Waals surface area contributed by atoms with E-state index in [1.807, 2.05) is 0 Å². The summed E-state index contributed by atoms with van der Waals surface area (Å²) in [6.45, 7) is 0. The Balaban J connectivity index is 2.30. The molecule has 5 nitrogen and oxygen atoms in total. The van der Waals surface area contributed by atoms with Crippen molar-refractivity contribution in [1.82, 2.24) is 9.97 Å². The Morgan fingerprint density at radius 3 is 2.72 bits per heavy atom. The molecule has 0 aliphatic heterocycles. The fourth-order valence-electron chi connectivity index (χ4n) is 1.30. The third kappa shape index (κ3) is 2.78. The van der Waals surface area contributed by atoms with Crippen LogP contribution < -0.4 is 5.73 Å². The molecule has 0 saturated carbocycles. The van der Waals surface area contributed by atoms with Crippen LogP contribution >= 0.6 is 11.8 Å². The van der Waals surface area contributed by atoms with Gasteiger partial charge in [-0.3, -0.25) is 0 Å². The fourth-order valence-corrected chi connectivity index (χ4v) is 2.10. The number of carbonyl (C=O) groups excluding carboxylic acids is 1.